The van der Waals surface area contributed by atoms with Gasteiger partial charge in [-0.25, -0.2) is 0 Å². The number of carbonyl (C=O) groups is 1. The van der Waals surface area contributed by atoms with Gasteiger partial charge in [0.2, 0.25) is 6.79 Å². The van der Waals surface area contributed by atoms with Gasteiger partial charge in [0.15, 0.2) is 16.3 Å². The second kappa shape index (κ2) is 6.50. The highest BCUT2D eigenvalue weighted by Gasteiger charge is 2.17. The van der Waals surface area contributed by atoms with Crippen molar-refractivity contribution < 1.29 is 14.3 Å². The summed E-state index contributed by atoms with van der Waals surface area (Å²) in [6.07, 6.45) is 1.78. The summed E-state index contributed by atoms with van der Waals surface area (Å²) in [4.78, 5) is 17.5. The number of nitrogens with zero attached hydrogens (tertiary/aromatic N) is 2. The van der Waals surface area contributed by atoms with Crippen molar-refractivity contribution in [2.45, 2.75) is 6.54 Å². The van der Waals surface area contributed by atoms with Crippen molar-refractivity contribution >= 4 is 43.4 Å². The highest BCUT2D eigenvalue weighted by atomic mass is 79.9. The van der Waals surface area contributed by atoms with Gasteiger partial charge < -0.3 is 14.0 Å². The van der Waals surface area contributed by atoms with E-state index in [0.29, 0.717) is 28.4 Å². The van der Waals surface area contributed by atoms with E-state index in [0.717, 1.165) is 14.7 Å². The second-order valence-electron chi connectivity index (χ2n) is 5.38. The van der Waals surface area contributed by atoms with Gasteiger partial charge in [0, 0.05) is 28.7 Å². The lowest BCUT2D eigenvalue weighted by molar-refractivity contribution is 0.0998. The van der Waals surface area contributed by atoms with E-state index >= 15 is 0 Å². The van der Waals surface area contributed by atoms with Crippen LogP contribution in [0.25, 0.3) is 10.2 Å². The highest BCUT2D eigenvalue weighted by molar-refractivity contribution is 9.10. The molecule has 0 radical (unpaired) electrons. The number of carbonyl (C=O) groups excluding carboxylic acids is 1. The van der Waals surface area contributed by atoms with Crippen LogP contribution >= 0.6 is 27.3 Å². The molecule has 0 saturated heterocycles. The minimum atomic E-state index is -0.286. The summed E-state index contributed by atoms with van der Waals surface area (Å²) in [5.41, 5.74) is 1.47. The molecular formula is C18H13BrN2O3S. The molecule has 1 aliphatic rings. The molecule has 5 nitrogen and oxygen atoms in total. The zero-order chi connectivity index (χ0) is 17.4. The first-order valence-corrected chi connectivity index (χ1v) is 9.15. The Bertz CT molecular complexity index is 1070. The van der Waals surface area contributed by atoms with Gasteiger partial charge in [-0.2, -0.15) is 4.99 Å². The number of hydrogen-bond acceptors (Lipinski definition) is 4. The lowest BCUT2D eigenvalue weighted by Gasteiger charge is -2.02. The van der Waals surface area contributed by atoms with Crippen LogP contribution in [0.5, 0.6) is 11.5 Å². The van der Waals surface area contributed by atoms with Crippen LogP contribution in [0, 0.1) is 0 Å². The predicted octanol–water partition coefficient (Wildman–Crippen LogP) is 4.12. The van der Waals surface area contributed by atoms with Crippen LogP contribution in [0.3, 0.4) is 0 Å². The Balaban J connectivity index is 1.87. The fourth-order valence-corrected chi connectivity index (χ4v) is 4.07. The third-order valence-electron chi connectivity index (χ3n) is 3.76. The van der Waals surface area contributed by atoms with Gasteiger partial charge in [-0.15, -0.1) is 6.58 Å². The molecule has 0 bridgehead atoms. The van der Waals surface area contributed by atoms with E-state index in [1.165, 1.54) is 11.3 Å². The van der Waals surface area contributed by atoms with Crippen LogP contribution in [0.15, 0.2) is 58.5 Å². The summed E-state index contributed by atoms with van der Waals surface area (Å²) in [6, 6.07) is 11.0. The number of halogens is 1. The molecular weight excluding hydrogens is 404 g/mol. The fourth-order valence-electron chi connectivity index (χ4n) is 2.62. The molecule has 2 aromatic carbocycles. The van der Waals surface area contributed by atoms with Crippen molar-refractivity contribution in [1.82, 2.24) is 4.57 Å². The summed E-state index contributed by atoms with van der Waals surface area (Å²) in [5.74, 6) is 1.13. The van der Waals surface area contributed by atoms with E-state index in [9.17, 15) is 4.79 Å². The molecule has 0 aliphatic carbocycles. The first kappa shape index (κ1) is 16.1. The molecule has 7 heteroatoms. The molecule has 0 atom stereocenters. The molecule has 3 aromatic rings. The van der Waals surface area contributed by atoms with Gasteiger partial charge in [-0.3, -0.25) is 4.79 Å². The Morgan fingerprint density at radius 3 is 2.88 bits per heavy atom. The van der Waals surface area contributed by atoms with Crippen molar-refractivity contribution in [2.24, 2.45) is 4.99 Å². The maximum Gasteiger partial charge on any atom is 0.279 e. The third-order valence-corrected chi connectivity index (χ3v) is 5.29. The average Bonchev–Trinajstić information content (AvgIpc) is 3.18. The Labute approximate surface area is 156 Å². The Hall–Kier alpha value is -2.38. The molecule has 1 amide bonds. The molecule has 0 spiro atoms. The van der Waals surface area contributed by atoms with Gasteiger partial charge in [-0.05, 0) is 18.2 Å². The molecule has 25 heavy (non-hydrogen) atoms. The smallest absolute Gasteiger partial charge is 0.279 e. The number of amides is 1. The van der Waals surface area contributed by atoms with E-state index in [1.807, 2.05) is 28.8 Å². The van der Waals surface area contributed by atoms with Crippen LogP contribution in [0.4, 0.5) is 0 Å². The summed E-state index contributed by atoms with van der Waals surface area (Å²) in [6.45, 7) is 4.57. The molecule has 1 aliphatic heterocycles. The van der Waals surface area contributed by atoms with E-state index in [1.54, 1.807) is 18.2 Å². The molecule has 0 N–H and O–H groups in total. The Kier molecular flexibility index (Phi) is 4.19. The van der Waals surface area contributed by atoms with E-state index in [-0.39, 0.29) is 12.7 Å². The molecule has 126 valence electrons. The van der Waals surface area contributed by atoms with Crippen LogP contribution in [-0.2, 0) is 6.54 Å². The summed E-state index contributed by atoms with van der Waals surface area (Å²) in [5, 5.41) is 0. The van der Waals surface area contributed by atoms with Crippen LogP contribution in [0.1, 0.15) is 10.4 Å². The number of thiazole rings is 1. The molecule has 2 heterocycles. The summed E-state index contributed by atoms with van der Waals surface area (Å²) < 4.78 is 14.7. The van der Waals surface area contributed by atoms with Crippen LogP contribution in [0.2, 0.25) is 0 Å². The molecule has 0 unspecified atom stereocenters. The number of ether oxygens (including phenoxy) is 2. The predicted molar refractivity (Wildman–Crippen MR) is 100 cm³/mol. The standard InChI is InChI=1S/C18H13BrN2O3S/c1-2-6-21-13-8-14-15(24-10-23-14)9-16(13)25-18(21)20-17(22)11-4-3-5-12(19)7-11/h2-5,7-9H,1,6,10H2. The molecule has 0 fully saturated rings. The van der Waals surface area contributed by atoms with Crippen molar-refractivity contribution in [1.29, 1.82) is 0 Å². The first-order chi connectivity index (χ1) is 12.2. The zero-order valence-electron chi connectivity index (χ0n) is 13.1. The Morgan fingerprint density at radius 2 is 2.12 bits per heavy atom. The Morgan fingerprint density at radius 1 is 1.32 bits per heavy atom. The number of allylic oxidation sites excluding steroid dienone is 1. The summed E-state index contributed by atoms with van der Waals surface area (Å²) in [7, 11) is 0. The van der Waals surface area contributed by atoms with Crippen LogP contribution in [-0.4, -0.2) is 17.3 Å². The zero-order valence-corrected chi connectivity index (χ0v) is 15.5. The fraction of sp³-hybridized carbons (Fsp3) is 0.111. The molecule has 0 saturated carbocycles. The van der Waals surface area contributed by atoms with Crippen molar-refractivity contribution in [3.05, 3.63) is 63.9 Å². The molecule has 1 aromatic heterocycles. The maximum atomic E-state index is 12.5. The van der Waals surface area contributed by atoms with Gasteiger partial charge in [0.05, 0.1) is 10.2 Å². The van der Waals surface area contributed by atoms with Crippen molar-refractivity contribution in [3.8, 4) is 11.5 Å². The summed E-state index contributed by atoms with van der Waals surface area (Å²) >= 11 is 4.81. The largest absolute Gasteiger partial charge is 0.454 e. The molecule has 4 rings (SSSR count). The van der Waals surface area contributed by atoms with Crippen molar-refractivity contribution in [2.75, 3.05) is 6.79 Å². The maximum absolute atomic E-state index is 12.5. The van der Waals surface area contributed by atoms with Crippen LogP contribution < -0.4 is 14.3 Å². The van der Waals surface area contributed by atoms with Crippen molar-refractivity contribution in [3.63, 3.8) is 0 Å². The van der Waals surface area contributed by atoms with E-state index in [4.69, 9.17) is 9.47 Å². The lowest BCUT2D eigenvalue weighted by Crippen LogP contribution is -2.16. The third kappa shape index (κ3) is 3.01. The number of hydrogen-bond donors (Lipinski definition) is 0. The monoisotopic (exact) mass is 416 g/mol. The normalized spacial score (nSPS) is 13.4. The van der Waals surface area contributed by atoms with Gasteiger partial charge in [0.1, 0.15) is 0 Å². The highest BCUT2D eigenvalue weighted by Crippen LogP contribution is 2.37. The minimum absolute atomic E-state index is 0.229. The van der Waals surface area contributed by atoms with E-state index in [2.05, 4.69) is 27.5 Å². The number of rotatable bonds is 3. The average molecular weight is 417 g/mol. The minimum Gasteiger partial charge on any atom is -0.454 e. The quantitative estimate of drug-likeness (QED) is 0.603. The topological polar surface area (TPSA) is 52.8 Å². The van der Waals surface area contributed by atoms with Gasteiger partial charge >= 0.3 is 0 Å². The first-order valence-electron chi connectivity index (χ1n) is 7.54. The number of fused-ring (bicyclic) bond motifs is 2. The van der Waals surface area contributed by atoms with E-state index < -0.39 is 0 Å². The lowest BCUT2D eigenvalue weighted by atomic mass is 10.2. The van der Waals surface area contributed by atoms with Gasteiger partial charge in [0.25, 0.3) is 5.91 Å². The SMILES string of the molecule is C=CCn1c(=NC(=O)c2cccc(Br)c2)sc2cc3c(cc21)OCO3. The second-order valence-corrected chi connectivity index (χ2v) is 7.31. The number of aromatic nitrogens is 1. The number of benzene rings is 2. The van der Waals surface area contributed by atoms with Gasteiger partial charge in [-0.1, -0.05) is 39.4 Å².